The second kappa shape index (κ2) is 5.43. The van der Waals surface area contributed by atoms with Gasteiger partial charge in [-0.05, 0) is 12.1 Å². The molecule has 124 valence electrons. The summed E-state index contributed by atoms with van der Waals surface area (Å²) in [5.41, 5.74) is -0.213. The highest BCUT2D eigenvalue weighted by Gasteiger charge is 2.45. The van der Waals surface area contributed by atoms with Crippen molar-refractivity contribution in [3.8, 4) is 0 Å². The highest BCUT2D eigenvalue weighted by Crippen LogP contribution is 2.32. The van der Waals surface area contributed by atoms with Gasteiger partial charge >= 0.3 is 6.16 Å². The average molecular weight is 330 g/mol. The Hall–Kier alpha value is -2.70. The first-order valence-corrected chi connectivity index (χ1v) is 7.77. The van der Waals surface area contributed by atoms with E-state index in [9.17, 15) is 14.0 Å². The van der Waals surface area contributed by atoms with Crippen LogP contribution in [0.3, 0.4) is 0 Å². The van der Waals surface area contributed by atoms with Crippen molar-refractivity contribution in [2.24, 2.45) is 0 Å². The number of nitrogens with zero attached hydrogens (tertiary/aromatic N) is 2. The molecule has 2 aliphatic rings. The van der Waals surface area contributed by atoms with Gasteiger partial charge in [0, 0.05) is 31.3 Å². The summed E-state index contributed by atoms with van der Waals surface area (Å²) in [6, 6.07) is 7.97. The second-order valence-corrected chi connectivity index (χ2v) is 6.12. The number of pyridine rings is 1. The molecule has 0 atom stereocenters. The Morgan fingerprint density at radius 1 is 1.21 bits per heavy atom. The number of fused-ring (bicyclic) bond motifs is 1. The Labute approximate surface area is 137 Å². The minimum Gasteiger partial charge on any atom is -0.430 e. The first-order chi connectivity index (χ1) is 11.6. The summed E-state index contributed by atoms with van der Waals surface area (Å²) in [4.78, 5) is 29.6. The van der Waals surface area contributed by atoms with Crippen LogP contribution in [-0.4, -0.2) is 47.2 Å². The molecule has 2 aromatic rings. The van der Waals surface area contributed by atoms with Gasteiger partial charge in [0.2, 0.25) is 0 Å². The Morgan fingerprint density at radius 2 is 2.00 bits per heavy atom. The van der Waals surface area contributed by atoms with E-state index in [0.717, 1.165) is 0 Å². The van der Waals surface area contributed by atoms with Crippen molar-refractivity contribution < 1.29 is 23.5 Å². The molecule has 1 aromatic carbocycles. The van der Waals surface area contributed by atoms with Gasteiger partial charge in [0.15, 0.2) is 5.60 Å². The van der Waals surface area contributed by atoms with Crippen LogP contribution < -0.4 is 0 Å². The molecule has 7 heteroatoms. The Balaban J connectivity index is 1.52. The number of ether oxygens (including phenoxy) is 2. The van der Waals surface area contributed by atoms with Gasteiger partial charge in [-0.15, -0.1) is 0 Å². The number of hydrogen-bond donors (Lipinski definition) is 0. The number of hydrogen-bond acceptors (Lipinski definition) is 5. The van der Waals surface area contributed by atoms with Gasteiger partial charge < -0.3 is 14.4 Å². The molecule has 0 N–H and O–H groups in total. The molecule has 24 heavy (non-hydrogen) atoms. The van der Waals surface area contributed by atoms with Gasteiger partial charge in [0.25, 0.3) is 5.91 Å². The molecule has 0 saturated carbocycles. The summed E-state index contributed by atoms with van der Waals surface area (Å²) in [5.74, 6) is -0.699. The predicted molar refractivity (Wildman–Crippen MR) is 82.0 cm³/mol. The number of rotatable bonds is 1. The number of carbonyl (C=O) groups is 2. The molecule has 3 heterocycles. The van der Waals surface area contributed by atoms with Gasteiger partial charge in [0.1, 0.15) is 23.6 Å². The highest BCUT2D eigenvalue weighted by molar-refractivity contribution is 5.95. The van der Waals surface area contributed by atoms with Crippen LogP contribution in [0.1, 0.15) is 23.3 Å². The SMILES string of the molecule is O=C1OCC2(CCN(C(=O)c3ccc4cccc(F)c4n3)CC2)O1. The van der Waals surface area contributed by atoms with Crippen molar-refractivity contribution in [2.75, 3.05) is 19.7 Å². The van der Waals surface area contributed by atoms with Gasteiger partial charge in [-0.1, -0.05) is 18.2 Å². The van der Waals surface area contributed by atoms with Gasteiger partial charge in [-0.3, -0.25) is 4.79 Å². The minimum atomic E-state index is -0.651. The molecular weight excluding hydrogens is 315 g/mol. The topological polar surface area (TPSA) is 68.7 Å². The Bertz CT molecular complexity index is 830. The number of amides is 1. The summed E-state index contributed by atoms with van der Waals surface area (Å²) < 4.78 is 24.0. The van der Waals surface area contributed by atoms with Gasteiger partial charge in [-0.25, -0.2) is 14.2 Å². The second-order valence-electron chi connectivity index (χ2n) is 6.12. The molecule has 0 radical (unpaired) electrons. The third-order valence-corrected chi connectivity index (χ3v) is 4.60. The lowest BCUT2D eigenvalue weighted by atomic mass is 9.92. The normalized spacial score (nSPS) is 19.4. The fraction of sp³-hybridized carbons (Fsp3) is 0.353. The van der Waals surface area contributed by atoms with Crippen LogP contribution in [0.2, 0.25) is 0 Å². The van der Waals surface area contributed by atoms with Crippen LogP contribution in [0.15, 0.2) is 30.3 Å². The molecule has 0 aliphatic carbocycles. The summed E-state index contributed by atoms with van der Waals surface area (Å²) in [6.45, 7) is 1.10. The van der Waals surface area contributed by atoms with Crippen LogP contribution in [-0.2, 0) is 9.47 Å². The smallest absolute Gasteiger partial charge is 0.430 e. The standard InChI is InChI=1S/C17H15FN2O4/c18-12-3-1-2-11-4-5-13(19-14(11)12)15(21)20-8-6-17(7-9-20)10-23-16(22)24-17/h1-5H,6-10H2. The largest absolute Gasteiger partial charge is 0.509 e. The molecule has 1 spiro atoms. The summed E-state index contributed by atoms with van der Waals surface area (Å²) in [5, 5.41) is 0.652. The molecule has 1 aromatic heterocycles. The molecule has 2 saturated heterocycles. The van der Waals surface area contributed by atoms with Crippen molar-refractivity contribution in [2.45, 2.75) is 18.4 Å². The van der Waals surface area contributed by atoms with E-state index in [0.29, 0.717) is 31.3 Å². The molecule has 1 amide bonds. The Morgan fingerprint density at radius 3 is 2.71 bits per heavy atom. The number of para-hydroxylation sites is 1. The van der Waals surface area contributed by atoms with E-state index in [-0.39, 0.29) is 23.7 Å². The van der Waals surface area contributed by atoms with Gasteiger partial charge in [0.05, 0.1) is 0 Å². The first kappa shape index (κ1) is 14.9. The maximum atomic E-state index is 13.9. The summed E-state index contributed by atoms with van der Waals surface area (Å²) in [7, 11) is 0. The molecule has 4 rings (SSSR count). The van der Waals surface area contributed by atoms with E-state index >= 15 is 0 Å². The lowest BCUT2D eigenvalue weighted by Gasteiger charge is -2.36. The number of cyclic esters (lactones) is 1. The number of benzene rings is 1. The lowest BCUT2D eigenvalue weighted by molar-refractivity contribution is 0.00265. The molecule has 0 unspecified atom stereocenters. The molecule has 2 fully saturated rings. The van der Waals surface area contributed by atoms with Gasteiger partial charge in [-0.2, -0.15) is 0 Å². The van der Waals surface area contributed by atoms with E-state index in [1.54, 1.807) is 29.2 Å². The quantitative estimate of drug-likeness (QED) is 0.752. The van der Waals surface area contributed by atoms with Crippen molar-refractivity contribution in [3.63, 3.8) is 0 Å². The van der Waals surface area contributed by atoms with Crippen molar-refractivity contribution >= 4 is 23.0 Å². The fourth-order valence-corrected chi connectivity index (χ4v) is 3.18. The number of piperidine rings is 1. The molecule has 0 bridgehead atoms. The highest BCUT2D eigenvalue weighted by atomic mass is 19.1. The maximum Gasteiger partial charge on any atom is 0.509 e. The fourth-order valence-electron chi connectivity index (χ4n) is 3.18. The maximum absolute atomic E-state index is 13.9. The molecule has 6 nitrogen and oxygen atoms in total. The van der Waals surface area contributed by atoms with Crippen LogP contribution in [0.25, 0.3) is 10.9 Å². The number of aromatic nitrogens is 1. The van der Waals surface area contributed by atoms with Crippen LogP contribution in [0, 0.1) is 5.82 Å². The van der Waals surface area contributed by atoms with Crippen molar-refractivity contribution in [1.82, 2.24) is 9.88 Å². The summed E-state index contributed by atoms with van der Waals surface area (Å²) in [6.07, 6.45) is 0.389. The third-order valence-electron chi connectivity index (χ3n) is 4.60. The van der Waals surface area contributed by atoms with Crippen LogP contribution in [0.4, 0.5) is 9.18 Å². The van der Waals surface area contributed by atoms with Crippen LogP contribution in [0.5, 0.6) is 0 Å². The van der Waals surface area contributed by atoms with E-state index < -0.39 is 17.6 Å². The third kappa shape index (κ3) is 2.46. The van der Waals surface area contributed by atoms with E-state index in [1.165, 1.54) is 6.07 Å². The zero-order valence-corrected chi connectivity index (χ0v) is 12.8. The lowest BCUT2D eigenvalue weighted by Crippen LogP contribution is -2.48. The number of carbonyl (C=O) groups excluding carboxylic acids is 2. The van der Waals surface area contributed by atoms with Crippen molar-refractivity contribution in [3.05, 3.63) is 41.8 Å². The predicted octanol–water partition coefficient (Wildman–Crippen LogP) is 2.52. The van der Waals surface area contributed by atoms with Crippen LogP contribution >= 0.6 is 0 Å². The molecule has 2 aliphatic heterocycles. The van der Waals surface area contributed by atoms with E-state index in [1.807, 2.05) is 0 Å². The first-order valence-electron chi connectivity index (χ1n) is 7.77. The minimum absolute atomic E-state index is 0.190. The average Bonchev–Trinajstić information content (AvgIpc) is 2.95. The van der Waals surface area contributed by atoms with Crippen molar-refractivity contribution in [1.29, 1.82) is 0 Å². The van der Waals surface area contributed by atoms with E-state index in [2.05, 4.69) is 4.98 Å². The summed E-state index contributed by atoms with van der Waals surface area (Å²) >= 11 is 0. The number of likely N-dealkylation sites (tertiary alicyclic amines) is 1. The number of halogens is 1. The Kier molecular flexibility index (Phi) is 3.37. The van der Waals surface area contributed by atoms with E-state index in [4.69, 9.17) is 9.47 Å². The zero-order valence-electron chi connectivity index (χ0n) is 12.8. The molecular formula is C17H15FN2O4. The zero-order chi connectivity index (χ0) is 16.7. The monoisotopic (exact) mass is 330 g/mol.